The minimum absolute atomic E-state index is 0.321. The van der Waals surface area contributed by atoms with E-state index in [1.807, 2.05) is 0 Å². The number of benzene rings is 13. The number of nitrogens with zero attached hydrogens (tertiary/aromatic N) is 2. The van der Waals surface area contributed by atoms with Crippen LogP contribution >= 0.6 is 0 Å². The normalized spacial score (nSPS) is 12.5. The first kappa shape index (κ1) is 51.2. The molecule has 0 unspecified atom stereocenters. The monoisotopic (exact) mass is 1090 g/mol. The quantitative estimate of drug-likeness (QED) is 0.123. The van der Waals surface area contributed by atoms with Crippen molar-refractivity contribution in [3.05, 3.63) is 327 Å². The molecule has 0 spiro atoms. The fourth-order valence-corrected chi connectivity index (χ4v) is 13.2. The van der Waals surface area contributed by atoms with Gasteiger partial charge in [-0.15, -0.1) is 0 Å². The highest BCUT2D eigenvalue weighted by Crippen LogP contribution is 2.56. The van der Waals surface area contributed by atoms with Gasteiger partial charge in [0.15, 0.2) is 7.28 Å². The van der Waals surface area contributed by atoms with Crippen molar-refractivity contribution in [1.82, 2.24) is 0 Å². The molecule has 2 aliphatic rings. The molecule has 4 heteroatoms. The molecule has 1 aliphatic heterocycles. The van der Waals surface area contributed by atoms with Gasteiger partial charge in [0.05, 0.1) is 0 Å². The molecule has 13 aromatic rings. The Labute approximate surface area is 499 Å². The SMILES string of the molecule is CC1(C)c2ccccc2-c2c1cc1c(c2-c2cc(-c3ccccc3)ccc2Nc2cccc(-c3ccccc3)c2)Bc2ccc(N(c3ccc(-c4ccccc4)cc3)c3ccc(-c4ccccc4)cc3)cc2N1c1cccc(-c2ccccc2)c1. The van der Waals surface area contributed by atoms with Crippen molar-refractivity contribution in [2.45, 2.75) is 19.3 Å². The van der Waals surface area contributed by atoms with Gasteiger partial charge in [-0.25, -0.2) is 0 Å². The molecular formula is C81H60BN3. The van der Waals surface area contributed by atoms with Crippen LogP contribution in [0.15, 0.2) is 315 Å². The molecule has 1 aliphatic carbocycles. The average Bonchev–Trinajstić information content (AvgIpc) is 1.74. The Bertz CT molecular complexity index is 4500. The van der Waals surface area contributed by atoms with Crippen LogP contribution in [0.25, 0.3) is 77.9 Å². The Morgan fingerprint density at radius 3 is 1.36 bits per heavy atom. The van der Waals surface area contributed by atoms with Crippen LogP contribution in [0.2, 0.25) is 0 Å². The first-order valence-electron chi connectivity index (χ1n) is 29.5. The summed E-state index contributed by atoms with van der Waals surface area (Å²) >= 11 is 0. The molecule has 402 valence electrons. The third-order valence-electron chi connectivity index (χ3n) is 17.5. The first-order valence-corrected chi connectivity index (χ1v) is 29.5. The Hall–Kier alpha value is -10.7. The number of anilines is 8. The van der Waals surface area contributed by atoms with E-state index in [2.05, 4.69) is 344 Å². The van der Waals surface area contributed by atoms with E-state index in [1.54, 1.807) is 0 Å². The fourth-order valence-electron chi connectivity index (χ4n) is 13.2. The molecule has 13 aromatic carbocycles. The summed E-state index contributed by atoms with van der Waals surface area (Å²) < 4.78 is 0. The van der Waals surface area contributed by atoms with Crippen LogP contribution in [-0.2, 0) is 5.41 Å². The smallest absolute Gasteiger partial charge is 0.198 e. The minimum atomic E-state index is -0.321. The van der Waals surface area contributed by atoms with Gasteiger partial charge in [-0.2, -0.15) is 0 Å². The first-order chi connectivity index (χ1) is 41.9. The zero-order chi connectivity index (χ0) is 56.8. The summed E-state index contributed by atoms with van der Waals surface area (Å²) in [5.41, 5.74) is 30.4. The number of hydrogen-bond donors (Lipinski definition) is 1. The summed E-state index contributed by atoms with van der Waals surface area (Å²) in [6, 6.07) is 116. The summed E-state index contributed by atoms with van der Waals surface area (Å²) in [6.07, 6.45) is 0. The lowest BCUT2D eigenvalue weighted by molar-refractivity contribution is 0.660. The standard InChI is InChI=1S/C81H60BN3/c1-81(2)72-37-19-18-36-70(72)78-73(81)54-77-80(79(78)71-52-64(59-30-16-7-17-31-59)42-49-75(71)83-65-34-20-32-62(50-65)57-26-12-5-13-27-57)82-74-48-47-69(53-76(74)85(77)68-35-21-33-63(51-68)58-28-14-6-15-29-58)84(66-43-38-60(39-44-66)55-22-8-3-9-23-55)67-45-40-61(41-46-67)56-24-10-4-11-25-56/h3-54,82-83H,1-2H3. The van der Waals surface area contributed by atoms with Gasteiger partial charge in [0.25, 0.3) is 0 Å². The van der Waals surface area contributed by atoms with E-state index >= 15 is 0 Å². The van der Waals surface area contributed by atoms with Gasteiger partial charge >= 0.3 is 0 Å². The Balaban J connectivity index is 0.970. The molecule has 3 nitrogen and oxygen atoms in total. The third kappa shape index (κ3) is 9.48. The molecule has 0 bridgehead atoms. The maximum Gasteiger partial charge on any atom is 0.198 e. The van der Waals surface area contributed by atoms with Gasteiger partial charge in [0, 0.05) is 56.5 Å². The summed E-state index contributed by atoms with van der Waals surface area (Å²) in [5.74, 6) is 0. The lowest BCUT2D eigenvalue weighted by Crippen LogP contribution is -2.41. The zero-order valence-electron chi connectivity index (χ0n) is 47.6. The maximum atomic E-state index is 4.05. The minimum Gasteiger partial charge on any atom is -0.355 e. The van der Waals surface area contributed by atoms with Crippen molar-refractivity contribution in [3.8, 4) is 77.9 Å². The summed E-state index contributed by atoms with van der Waals surface area (Å²) in [7, 11) is 0.709. The van der Waals surface area contributed by atoms with Gasteiger partial charge in [-0.1, -0.05) is 256 Å². The summed E-state index contributed by atoms with van der Waals surface area (Å²) in [6.45, 7) is 4.84. The van der Waals surface area contributed by atoms with E-state index in [4.69, 9.17) is 0 Å². The molecule has 0 aromatic heterocycles. The molecule has 0 atom stereocenters. The highest BCUT2D eigenvalue weighted by atomic mass is 15.2. The van der Waals surface area contributed by atoms with E-state index in [-0.39, 0.29) is 5.41 Å². The van der Waals surface area contributed by atoms with Crippen LogP contribution < -0.4 is 26.0 Å². The fraction of sp³-hybridized carbons (Fsp3) is 0.0370. The predicted molar refractivity (Wildman–Crippen MR) is 362 cm³/mol. The van der Waals surface area contributed by atoms with E-state index < -0.39 is 0 Å². The van der Waals surface area contributed by atoms with Crippen molar-refractivity contribution in [2.24, 2.45) is 0 Å². The topological polar surface area (TPSA) is 18.5 Å². The molecule has 15 rings (SSSR count). The van der Waals surface area contributed by atoms with Crippen molar-refractivity contribution in [1.29, 1.82) is 0 Å². The van der Waals surface area contributed by atoms with Crippen LogP contribution in [0, 0.1) is 0 Å². The average molecular weight is 1090 g/mol. The number of hydrogen-bond acceptors (Lipinski definition) is 3. The summed E-state index contributed by atoms with van der Waals surface area (Å²) in [5, 5.41) is 4.05. The second-order valence-corrected chi connectivity index (χ2v) is 22.9. The number of fused-ring (bicyclic) bond motifs is 5. The number of nitrogens with one attached hydrogen (secondary N) is 1. The van der Waals surface area contributed by atoms with Crippen molar-refractivity contribution in [3.63, 3.8) is 0 Å². The molecule has 0 radical (unpaired) electrons. The Morgan fingerprint density at radius 2 is 0.788 bits per heavy atom. The van der Waals surface area contributed by atoms with Gasteiger partial charge in [-0.3, -0.25) is 0 Å². The van der Waals surface area contributed by atoms with Crippen LogP contribution in [0.5, 0.6) is 0 Å². The van der Waals surface area contributed by atoms with Crippen molar-refractivity contribution >= 4 is 63.7 Å². The Morgan fingerprint density at radius 1 is 0.329 bits per heavy atom. The number of rotatable bonds is 12. The lowest BCUT2D eigenvalue weighted by atomic mass is 9.57. The molecular weight excluding hydrogens is 1030 g/mol. The molecule has 0 fully saturated rings. The Kier molecular flexibility index (Phi) is 13.0. The van der Waals surface area contributed by atoms with E-state index in [0.29, 0.717) is 7.28 Å². The summed E-state index contributed by atoms with van der Waals surface area (Å²) in [4.78, 5) is 5.01. The van der Waals surface area contributed by atoms with Crippen molar-refractivity contribution in [2.75, 3.05) is 15.1 Å². The largest absolute Gasteiger partial charge is 0.355 e. The van der Waals surface area contributed by atoms with E-state index in [9.17, 15) is 0 Å². The molecule has 0 amide bonds. The third-order valence-corrected chi connectivity index (χ3v) is 17.5. The van der Waals surface area contributed by atoms with E-state index in [1.165, 1.54) is 83.4 Å². The zero-order valence-corrected chi connectivity index (χ0v) is 47.6. The van der Waals surface area contributed by atoms with Gasteiger partial charge < -0.3 is 15.1 Å². The highest BCUT2D eigenvalue weighted by Gasteiger charge is 2.41. The van der Waals surface area contributed by atoms with Crippen LogP contribution in [-0.4, -0.2) is 7.28 Å². The highest BCUT2D eigenvalue weighted by molar-refractivity contribution is 6.73. The van der Waals surface area contributed by atoms with Gasteiger partial charge in [0.1, 0.15) is 0 Å². The molecule has 1 N–H and O–H groups in total. The molecule has 0 saturated carbocycles. The molecule has 1 heterocycles. The van der Waals surface area contributed by atoms with E-state index in [0.717, 1.165) is 62.1 Å². The molecule has 0 saturated heterocycles. The van der Waals surface area contributed by atoms with Crippen LogP contribution in [0.1, 0.15) is 25.0 Å². The van der Waals surface area contributed by atoms with Gasteiger partial charge in [0.2, 0.25) is 0 Å². The predicted octanol–water partition coefficient (Wildman–Crippen LogP) is 20.4. The van der Waals surface area contributed by atoms with Crippen LogP contribution in [0.4, 0.5) is 45.5 Å². The van der Waals surface area contributed by atoms with Gasteiger partial charge in [-0.05, 0) is 168 Å². The second-order valence-electron chi connectivity index (χ2n) is 22.9. The second kappa shape index (κ2) is 21.6. The lowest BCUT2D eigenvalue weighted by Gasteiger charge is -2.38. The van der Waals surface area contributed by atoms with Crippen LogP contribution in [0.3, 0.4) is 0 Å². The maximum absolute atomic E-state index is 4.05. The molecule has 85 heavy (non-hydrogen) atoms. The van der Waals surface area contributed by atoms with Crippen molar-refractivity contribution < 1.29 is 0 Å².